The first-order valence-corrected chi connectivity index (χ1v) is 5.87. The molecule has 2 nitrogen and oxygen atoms in total. The molecule has 0 aliphatic carbocycles. The van der Waals surface area contributed by atoms with Crippen LogP contribution in [0.25, 0.3) is 0 Å². The van der Waals surface area contributed by atoms with Crippen LogP contribution in [-0.4, -0.2) is 13.1 Å². The fourth-order valence-corrected chi connectivity index (χ4v) is 2.15. The van der Waals surface area contributed by atoms with E-state index in [1.54, 1.807) is 0 Å². The van der Waals surface area contributed by atoms with E-state index in [2.05, 4.69) is 31.7 Å². The molecular formula is C14H18N2. The Kier molecular flexibility index (Phi) is 2.87. The lowest BCUT2D eigenvalue weighted by Gasteiger charge is -2.44. The standard InChI is InChI=1S/C14H18N2/c1-10(2)13-8-16(9-13)14-6-12(7-15)5-4-11(14)3/h4-6,10,13H,8-9H2,1-3H3. The van der Waals surface area contributed by atoms with E-state index in [4.69, 9.17) is 5.26 Å². The quantitative estimate of drug-likeness (QED) is 0.756. The highest BCUT2D eigenvalue weighted by atomic mass is 15.2. The number of hydrogen-bond acceptors (Lipinski definition) is 2. The minimum absolute atomic E-state index is 0.758. The van der Waals surface area contributed by atoms with Gasteiger partial charge >= 0.3 is 0 Å². The third kappa shape index (κ3) is 1.90. The molecule has 16 heavy (non-hydrogen) atoms. The molecule has 1 fully saturated rings. The number of nitriles is 1. The maximum absolute atomic E-state index is 8.90. The molecule has 1 aliphatic heterocycles. The maximum Gasteiger partial charge on any atom is 0.0992 e. The van der Waals surface area contributed by atoms with Gasteiger partial charge in [0.25, 0.3) is 0 Å². The lowest BCUT2D eigenvalue weighted by molar-refractivity contribution is 0.309. The van der Waals surface area contributed by atoms with Gasteiger partial charge in [0.1, 0.15) is 0 Å². The Labute approximate surface area is 97.5 Å². The van der Waals surface area contributed by atoms with E-state index in [0.29, 0.717) is 0 Å². The van der Waals surface area contributed by atoms with Crippen molar-refractivity contribution < 1.29 is 0 Å². The lowest BCUT2D eigenvalue weighted by atomic mass is 9.87. The zero-order valence-electron chi connectivity index (χ0n) is 10.2. The molecule has 1 aliphatic rings. The molecular weight excluding hydrogens is 196 g/mol. The maximum atomic E-state index is 8.90. The molecule has 84 valence electrons. The Hall–Kier alpha value is -1.49. The second-order valence-electron chi connectivity index (χ2n) is 5.02. The van der Waals surface area contributed by atoms with Crippen LogP contribution >= 0.6 is 0 Å². The van der Waals surface area contributed by atoms with Gasteiger partial charge in [-0.2, -0.15) is 5.26 Å². The van der Waals surface area contributed by atoms with Crippen LogP contribution in [0, 0.1) is 30.1 Å². The van der Waals surface area contributed by atoms with Crippen molar-refractivity contribution in [2.75, 3.05) is 18.0 Å². The van der Waals surface area contributed by atoms with Gasteiger partial charge in [0.2, 0.25) is 0 Å². The van der Waals surface area contributed by atoms with Crippen LogP contribution in [0.3, 0.4) is 0 Å². The summed E-state index contributed by atoms with van der Waals surface area (Å²) in [6.07, 6.45) is 0. The average molecular weight is 214 g/mol. The van der Waals surface area contributed by atoms with Gasteiger partial charge < -0.3 is 4.90 Å². The highest BCUT2D eigenvalue weighted by molar-refractivity contribution is 5.58. The second kappa shape index (κ2) is 4.17. The smallest absolute Gasteiger partial charge is 0.0992 e. The molecule has 0 radical (unpaired) electrons. The Morgan fingerprint density at radius 2 is 2.06 bits per heavy atom. The zero-order valence-corrected chi connectivity index (χ0v) is 10.2. The summed E-state index contributed by atoms with van der Waals surface area (Å²) >= 11 is 0. The molecule has 0 saturated carbocycles. The first kappa shape index (κ1) is 11.0. The fraction of sp³-hybridized carbons (Fsp3) is 0.500. The third-order valence-corrected chi connectivity index (χ3v) is 3.53. The van der Waals surface area contributed by atoms with Crippen LogP contribution in [0.4, 0.5) is 5.69 Å². The first-order valence-electron chi connectivity index (χ1n) is 5.87. The summed E-state index contributed by atoms with van der Waals surface area (Å²) in [5.74, 6) is 1.57. The van der Waals surface area contributed by atoms with Crippen LogP contribution in [-0.2, 0) is 0 Å². The summed E-state index contributed by atoms with van der Waals surface area (Å²) in [6.45, 7) is 8.93. The van der Waals surface area contributed by atoms with Crippen molar-refractivity contribution in [3.05, 3.63) is 29.3 Å². The molecule has 0 aromatic heterocycles. The average Bonchev–Trinajstić information content (AvgIpc) is 2.18. The zero-order chi connectivity index (χ0) is 11.7. The summed E-state index contributed by atoms with van der Waals surface area (Å²) in [5.41, 5.74) is 3.26. The largest absolute Gasteiger partial charge is 0.371 e. The number of aryl methyl sites for hydroxylation is 1. The molecule has 1 aromatic rings. The van der Waals surface area contributed by atoms with Gasteiger partial charge in [-0.15, -0.1) is 0 Å². The van der Waals surface area contributed by atoms with Gasteiger partial charge in [0, 0.05) is 18.8 Å². The molecule has 0 unspecified atom stereocenters. The predicted octanol–water partition coefficient (Wildman–Crippen LogP) is 2.96. The van der Waals surface area contributed by atoms with Crippen LogP contribution in [0.2, 0.25) is 0 Å². The summed E-state index contributed by atoms with van der Waals surface area (Å²) in [7, 11) is 0. The van der Waals surface area contributed by atoms with Gasteiger partial charge in [-0.05, 0) is 36.5 Å². The number of rotatable bonds is 2. The van der Waals surface area contributed by atoms with Crippen molar-refractivity contribution in [3.63, 3.8) is 0 Å². The number of benzene rings is 1. The van der Waals surface area contributed by atoms with E-state index in [1.807, 2.05) is 18.2 Å². The van der Waals surface area contributed by atoms with Crippen molar-refractivity contribution in [3.8, 4) is 6.07 Å². The van der Waals surface area contributed by atoms with E-state index in [1.165, 1.54) is 11.3 Å². The van der Waals surface area contributed by atoms with E-state index in [-0.39, 0.29) is 0 Å². The SMILES string of the molecule is Cc1ccc(C#N)cc1N1CC(C(C)C)C1. The van der Waals surface area contributed by atoms with E-state index < -0.39 is 0 Å². The molecule has 0 amide bonds. The number of nitrogens with zero attached hydrogens (tertiary/aromatic N) is 2. The van der Waals surface area contributed by atoms with Gasteiger partial charge in [0.05, 0.1) is 11.6 Å². The Balaban J connectivity index is 2.14. The molecule has 0 bridgehead atoms. The summed E-state index contributed by atoms with van der Waals surface area (Å²) in [4.78, 5) is 2.38. The van der Waals surface area contributed by atoms with Gasteiger partial charge in [0.15, 0.2) is 0 Å². The van der Waals surface area contributed by atoms with E-state index in [9.17, 15) is 0 Å². The Morgan fingerprint density at radius 3 is 2.62 bits per heavy atom. The Bertz CT molecular complexity index is 423. The third-order valence-electron chi connectivity index (χ3n) is 3.53. The van der Waals surface area contributed by atoms with Crippen molar-refractivity contribution in [1.29, 1.82) is 5.26 Å². The van der Waals surface area contributed by atoms with Crippen molar-refractivity contribution in [2.45, 2.75) is 20.8 Å². The van der Waals surface area contributed by atoms with Crippen molar-refractivity contribution >= 4 is 5.69 Å². The van der Waals surface area contributed by atoms with E-state index in [0.717, 1.165) is 30.5 Å². The van der Waals surface area contributed by atoms with Gasteiger partial charge in [-0.25, -0.2) is 0 Å². The second-order valence-corrected chi connectivity index (χ2v) is 5.02. The highest BCUT2D eigenvalue weighted by Crippen LogP contribution is 2.31. The molecule has 1 saturated heterocycles. The molecule has 0 atom stereocenters. The lowest BCUT2D eigenvalue weighted by Crippen LogP contribution is -2.49. The first-order chi connectivity index (χ1) is 7.61. The van der Waals surface area contributed by atoms with Gasteiger partial charge in [-0.1, -0.05) is 19.9 Å². The molecule has 1 heterocycles. The van der Waals surface area contributed by atoms with Crippen molar-refractivity contribution in [1.82, 2.24) is 0 Å². The van der Waals surface area contributed by atoms with Crippen LogP contribution < -0.4 is 4.90 Å². The molecule has 2 rings (SSSR count). The van der Waals surface area contributed by atoms with Crippen molar-refractivity contribution in [2.24, 2.45) is 11.8 Å². The van der Waals surface area contributed by atoms with Crippen LogP contribution in [0.1, 0.15) is 25.0 Å². The Morgan fingerprint density at radius 1 is 1.38 bits per heavy atom. The number of anilines is 1. The summed E-state index contributed by atoms with van der Waals surface area (Å²) in [6, 6.07) is 8.14. The molecule has 0 N–H and O–H groups in total. The summed E-state index contributed by atoms with van der Waals surface area (Å²) < 4.78 is 0. The highest BCUT2D eigenvalue weighted by Gasteiger charge is 2.29. The van der Waals surface area contributed by atoms with Gasteiger partial charge in [-0.3, -0.25) is 0 Å². The fourth-order valence-electron chi connectivity index (χ4n) is 2.15. The van der Waals surface area contributed by atoms with Crippen LogP contribution in [0.5, 0.6) is 0 Å². The predicted molar refractivity (Wildman–Crippen MR) is 66.4 cm³/mol. The minimum atomic E-state index is 0.758. The minimum Gasteiger partial charge on any atom is -0.371 e. The molecule has 1 aromatic carbocycles. The normalized spacial score (nSPS) is 16.1. The number of hydrogen-bond donors (Lipinski definition) is 0. The summed E-state index contributed by atoms with van der Waals surface area (Å²) in [5, 5.41) is 8.90. The monoisotopic (exact) mass is 214 g/mol. The molecule has 2 heteroatoms. The topological polar surface area (TPSA) is 27.0 Å². The van der Waals surface area contributed by atoms with E-state index >= 15 is 0 Å². The van der Waals surface area contributed by atoms with Crippen LogP contribution in [0.15, 0.2) is 18.2 Å². The molecule has 0 spiro atoms.